The average Bonchev–Trinajstić information content (AvgIpc) is 2.63. The Hall–Kier alpha value is -1.91. The molecule has 3 N–H and O–H groups in total. The minimum absolute atomic E-state index is 0. The Morgan fingerprint density at radius 3 is 2.38 bits per heavy atom. The molecule has 0 fully saturated rings. The summed E-state index contributed by atoms with van der Waals surface area (Å²) in [6.45, 7) is 9.82. The maximum Gasteiger partial charge on any atom is 0.407 e. The molecular weight excluding hydrogens is 487 g/mol. The first kappa shape index (κ1) is 27.1. The SMILES string of the molecule is CCOc1cc(CNC(=NC)NCCCNC(=O)OC(C)(C)C)ccc1OC.I. The summed E-state index contributed by atoms with van der Waals surface area (Å²) in [6, 6.07) is 5.82. The summed E-state index contributed by atoms with van der Waals surface area (Å²) in [5, 5.41) is 9.20. The van der Waals surface area contributed by atoms with E-state index in [4.69, 9.17) is 14.2 Å². The molecule has 0 radical (unpaired) electrons. The molecule has 0 saturated carbocycles. The van der Waals surface area contributed by atoms with Crippen LogP contribution in [-0.2, 0) is 11.3 Å². The molecule has 0 aromatic heterocycles. The number of benzene rings is 1. The predicted octanol–water partition coefficient (Wildman–Crippen LogP) is 3.29. The van der Waals surface area contributed by atoms with Gasteiger partial charge in [0.1, 0.15) is 5.60 Å². The van der Waals surface area contributed by atoms with E-state index < -0.39 is 11.7 Å². The summed E-state index contributed by atoms with van der Waals surface area (Å²) in [4.78, 5) is 15.8. The van der Waals surface area contributed by atoms with Gasteiger partial charge in [-0.15, -0.1) is 24.0 Å². The Morgan fingerprint density at radius 2 is 1.79 bits per heavy atom. The van der Waals surface area contributed by atoms with Crippen molar-refractivity contribution in [2.24, 2.45) is 4.99 Å². The Bertz CT molecular complexity index is 648. The second-order valence-electron chi connectivity index (χ2n) is 7.05. The number of guanidine groups is 1. The van der Waals surface area contributed by atoms with Crippen molar-refractivity contribution in [1.29, 1.82) is 0 Å². The molecule has 0 heterocycles. The maximum atomic E-state index is 11.6. The van der Waals surface area contributed by atoms with E-state index in [9.17, 15) is 4.79 Å². The standard InChI is InChI=1S/C20H34N4O4.HI/c1-7-27-17-13-15(9-10-16(17)26-6)14-24-18(21-5)22-11-8-12-23-19(25)28-20(2,3)4;/h9-10,13H,7-8,11-12,14H2,1-6H3,(H,23,25)(H2,21,22,24);1H. The number of hydrogen-bond acceptors (Lipinski definition) is 5. The van der Waals surface area contributed by atoms with Crippen molar-refractivity contribution in [1.82, 2.24) is 16.0 Å². The zero-order valence-electron chi connectivity index (χ0n) is 18.3. The average molecular weight is 522 g/mol. The molecule has 1 aromatic rings. The van der Waals surface area contributed by atoms with Gasteiger partial charge in [0, 0.05) is 26.7 Å². The summed E-state index contributed by atoms with van der Waals surface area (Å²) < 4.78 is 16.1. The van der Waals surface area contributed by atoms with Crippen LogP contribution in [0.2, 0.25) is 0 Å². The van der Waals surface area contributed by atoms with Gasteiger partial charge in [-0.25, -0.2) is 4.79 Å². The lowest BCUT2D eigenvalue weighted by atomic mass is 10.2. The van der Waals surface area contributed by atoms with E-state index in [2.05, 4.69) is 20.9 Å². The Labute approximate surface area is 191 Å². The Balaban J connectivity index is 0.00000784. The van der Waals surface area contributed by atoms with Gasteiger partial charge in [-0.3, -0.25) is 4.99 Å². The number of alkyl carbamates (subject to hydrolysis) is 1. The first-order valence-electron chi connectivity index (χ1n) is 9.50. The van der Waals surface area contributed by atoms with Crippen molar-refractivity contribution in [2.75, 3.05) is 33.9 Å². The van der Waals surface area contributed by atoms with E-state index in [0.717, 1.165) is 17.7 Å². The van der Waals surface area contributed by atoms with Crippen LogP contribution in [0, 0.1) is 0 Å². The van der Waals surface area contributed by atoms with Gasteiger partial charge in [-0.1, -0.05) is 6.07 Å². The van der Waals surface area contributed by atoms with Gasteiger partial charge >= 0.3 is 6.09 Å². The lowest BCUT2D eigenvalue weighted by molar-refractivity contribution is 0.0527. The van der Waals surface area contributed by atoms with Crippen molar-refractivity contribution in [3.05, 3.63) is 23.8 Å². The van der Waals surface area contributed by atoms with Crippen LogP contribution in [0.5, 0.6) is 11.5 Å². The first-order chi connectivity index (χ1) is 13.3. The molecular formula is C20H35IN4O4. The quantitative estimate of drug-likeness (QED) is 0.200. The summed E-state index contributed by atoms with van der Waals surface area (Å²) in [7, 11) is 3.34. The highest BCUT2D eigenvalue weighted by atomic mass is 127. The van der Waals surface area contributed by atoms with E-state index in [1.54, 1.807) is 14.2 Å². The van der Waals surface area contributed by atoms with Gasteiger partial charge in [0.25, 0.3) is 0 Å². The third kappa shape index (κ3) is 11.6. The van der Waals surface area contributed by atoms with E-state index in [-0.39, 0.29) is 24.0 Å². The highest BCUT2D eigenvalue weighted by molar-refractivity contribution is 14.0. The lowest BCUT2D eigenvalue weighted by Crippen LogP contribution is -2.39. The number of rotatable bonds is 9. The monoisotopic (exact) mass is 522 g/mol. The van der Waals surface area contributed by atoms with Crippen LogP contribution >= 0.6 is 24.0 Å². The molecule has 0 aliphatic carbocycles. The summed E-state index contributed by atoms with van der Waals surface area (Å²) in [6.07, 6.45) is 0.344. The summed E-state index contributed by atoms with van der Waals surface area (Å²) in [5.41, 5.74) is 0.566. The molecule has 0 spiro atoms. The number of amides is 1. The third-order valence-electron chi connectivity index (χ3n) is 3.53. The molecule has 1 rings (SSSR count). The fourth-order valence-corrected chi connectivity index (χ4v) is 2.31. The highest BCUT2D eigenvalue weighted by Crippen LogP contribution is 2.27. The van der Waals surface area contributed by atoms with Crippen molar-refractivity contribution in [3.63, 3.8) is 0 Å². The van der Waals surface area contributed by atoms with E-state index in [1.807, 2.05) is 45.9 Å². The van der Waals surface area contributed by atoms with Crippen LogP contribution in [0.3, 0.4) is 0 Å². The molecule has 1 amide bonds. The molecule has 166 valence electrons. The first-order valence-corrected chi connectivity index (χ1v) is 9.50. The van der Waals surface area contributed by atoms with Crippen LogP contribution in [0.1, 0.15) is 39.7 Å². The zero-order chi connectivity index (χ0) is 21.0. The van der Waals surface area contributed by atoms with Crippen LogP contribution in [0.25, 0.3) is 0 Å². The van der Waals surface area contributed by atoms with Crippen molar-refractivity contribution >= 4 is 36.0 Å². The summed E-state index contributed by atoms with van der Waals surface area (Å²) in [5.74, 6) is 2.12. The van der Waals surface area contributed by atoms with E-state index >= 15 is 0 Å². The van der Waals surface area contributed by atoms with E-state index in [1.165, 1.54) is 0 Å². The number of carbonyl (C=O) groups excluding carboxylic acids is 1. The number of methoxy groups -OCH3 is 1. The molecule has 1 aromatic carbocycles. The van der Waals surface area contributed by atoms with Crippen LogP contribution in [-0.4, -0.2) is 51.5 Å². The minimum atomic E-state index is -0.488. The Morgan fingerprint density at radius 1 is 1.10 bits per heavy atom. The number of hydrogen-bond donors (Lipinski definition) is 3. The molecule has 0 bridgehead atoms. The molecule has 9 heteroatoms. The van der Waals surface area contributed by atoms with Crippen molar-refractivity contribution in [2.45, 2.75) is 46.3 Å². The topological polar surface area (TPSA) is 93.2 Å². The van der Waals surface area contributed by atoms with Crippen LogP contribution < -0.4 is 25.4 Å². The van der Waals surface area contributed by atoms with Gasteiger partial charge < -0.3 is 30.2 Å². The van der Waals surface area contributed by atoms with Gasteiger partial charge in [-0.2, -0.15) is 0 Å². The lowest BCUT2D eigenvalue weighted by Gasteiger charge is -2.19. The number of aliphatic imine (C=N–C) groups is 1. The number of carbonyl (C=O) groups is 1. The number of halogens is 1. The molecule has 0 atom stereocenters. The van der Waals surface area contributed by atoms with Crippen LogP contribution in [0.15, 0.2) is 23.2 Å². The number of nitrogens with one attached hydrogen (secondary N) is 3. The fourth-order valence-electron chi connectivity index (χ4n) is 2.31. The molecule has 29 heavy (non-hydrogen) atoms. The molecule has 0 aliphatic rings. The highest BCUT2D eigenvalue weighted by Gasteiger charge is 2.15. The number of nitrogens with zero attached hydrogens (tertiary/aromatic N) is 1. The van der Waals surface area contributed by atoms with Gasteiger partial charge in [0.05, 0.1) is 13.7 Å². The van der Waals surface area contributed by atoms with Crippen molar-refractivity contribution < 1.29 is 19.0 Å². The normalized spacial score (nSPS) is 11.2. The van der Waals surface area contributed by atoms with E-state index in [0.29, 0.717) is 38.0 Å². The van der Waals surface area contributed by atoms with Gasteiger partial charge in [-0.05, 0) is 51.8 Å². The molecule has 0 unspecified atom stereocenters. The third-order valence-corrected chi connectivity index (χ3v) is 3.53. The molecule has 8 nitrogen and oxygen atoms in total. The zero-order valence-corrected chi connectivity index (χ0v) is 20.6. The summed E-state index contributed by atoms with van der Waals surface area (Å²) >= 11 is 0. The van der Waals surface area contributed by atoms with Gasteiger partial charge in [0.2, 0.25) is 0 Å². The smallest absolute Gasteiger partial charge is 0.407 e. The molecule has 0 saturated heterocycles. The molecule has 0 aliphatic heterocycles. The predicted molar refractivity (Wildman–Crippen MR) is 127 cm³/mol. The fraction of sp³-hybridized carbons (Fsp3) is 0.600. The van der Waals surface area contributed by atoms with Gasteiger partial charge in [0.15, 0.2) is 17.5 Å². The van der Waals surface area contributed by atoms with Crippen molar-refractivity contribution in [3.8, 4) is 11.5 Å². The Kier molecular flexibility index (Phi) is 13.2. The maximum absolute atomic E-state index is 11.6. The second-order valence-corrected chi connectivity index (χ2v) is 7.05. The largest absolute Gasteiger partial charge is 0.493 e. The van der Waals surface area contributed by atoms with Crippen LogP contribution in [0.4, 0.5) is 4.79 Å². The second kappa shape index (κ2) is 14.1. The number of ether oxygens (including phenoxy) is 3. The minimum Gasteiger partial charge on any atom is -0.493 e.